The van der Waals surface area contributed by atoms with Gasteiger partial charge in [0.25, 0.3) is 0 Å². The Kier molecular flexibility index (Phi) is 3.23. The van der Waals surface area contributed by atoms with Gasteiger partial charge in [-0.3, -0.25) is 0 Å². The fourth-order valence-corrected chi connectivity index (χ4v) is 2.24. The number of rotatable bonds is 7. The molecule has 0 radical (unpaired) electrons. The zero-order valence-electron chi connectivity index (χ0n) is 8.34. The molecule has 2 rings (SSSR count). The third-order valence-electron chi connectivity index (χ3n) is 3.35. The summed E-state index contributed by atoms with van der Waals surface area (Å²) in [5, 5.41) is 12.1. The summed E-state index contributed by atoms with van der Waals surface area (Å²) < 4.78 is 0. The molecule has 0 saturated heterocycles. The van der Waals surface area contributed by atoms with Gasteiger partial charge >= 0.3 is 0 Å². The van der Waals surface area contributed by atoms with Crippen molar-refractivity contribution < 1.29 is 5.11 Å². The molecule has 76 valence electrons. The van der Waals surface area contributed by atoms with Crippen LogP contribution in [0.4, 0.5) is 0 Å². The number of aliphatic hydroxyl groups excluding tert-OH is 1. The summed E-state index contributed by atoms with van der Waals surface area (Å²) in [6, 6.07) is 0. The predicted molar refractivity (Wildman–Crippen MR) is 53.5 cm³/mol. The van der Waals surface area contributed by atoms with Gasteiger partial charge in [-0.05, 0) is 62.9 Å². The summed E-state index contributed by atoms with van der Waals surface area (Å²) >= 11 is 0. The lowest BCUT2D eigenvalue weighted by atomic mass is 9.98. The average molecular weight is 183 g/mol. The topological polar surface area (TPSA) is 32.3 Å². The van der Waals surface area contributed by atoms with E-state index in [0.717, 1.165) is 30.7 Å². The molecule has 0 aliphatic heterocycles. The molecule has 13 heavy (non-hydrogen) atoms. The molecule has 2 aliphatic carbocycles. The number of aliphatic hydroxyl groups is 1. The van der Waals surface area contributed by atoms with E-state index in [2.05, 4.69) is 5.32 Å². The highest BCUT2D eigenvalue weighted by Crippen LogP contribution is 2.48. The minimum atomic E-state index is 0.324. The molecule has 2 nitrogen and oxygen atoms in total. The summed E-state index contributed by atoms with van der Waals surface area (Å²) in [5.41, 5.74) is 0. The highest BCUT2D eigenvalue weighted by atomic mass is 16.3. The Morgan fingerprint density at radius 3 is 2.23 bits per heavy atom. The van der Waals surface area contributed by atoms with Gasteiger partial charge in [-0.25, -0.2) is 0 Å². The first-order valence-electron chi connectivity index (χ1n) is 5.73. The second-order valence-electron chi connectivity index (χ2n) is 4.62. The maximum Gasteiger partial charge on any atom is 0.0443 e. The SMILES string of the molecule is OCCCNCC(C1CC1)C1CC1. The molecule has 0 heterocycles. The van der Waals surface area contributed by atoms with E-state index in [-0.39, 0.29) is 0 Å². The van der Waals surface area contributed by atoms with E-state index in [9.17, 15) is 0 Å². The van der Waals surface area contributed by atoms with Gasteiger partial charge in [-0.1, -0.05) is 0 Å². The lowest BCUT2D eigenvalue weighted by molar-refractivity contribution is 0.282. The smallest absolute Gasteiger partial charge is 0.0443 e. The first-order valence-corrected chi connectivity index (χ1v) is 5.73. The minimum Gasteiger partial charge on any atom is -0.396 e. The number of hydrogen-bond donors (Lipinski definition) is 2. The van der Waals surface area contributed by atoms with Crippen molar-refractivity contribution in [3.8, 4) is 0 Å². The number of hydrogen-bond acceptors (Lipinski definition) is 2. The Bertz CT molecular complexity index is 140. The van der Waals surface area contributed by atoms with Crippen molar-refractivity contribution in [3.05, 3.63) is 0 Å². The normalized spacial score (nSPS) is 22.6. The summed E-state index contributed by atoms with van der Waals surface area (Å²) in [6.45, 7) is 2.52. The van der Waals surface area contributed by atoms with Crippen LogP contribution in [-0.4, -0.2) is 24.8 Å². The first kappa shape index (κ1) is 9.47. The molecule has 2 fully saturated rings. The molecule has 0 unspecified atom stereocenters. The van der Waals surface area contributed by atoms with Crippen LogP contribution >= 0.6 is 0 Å². The lowest BCUT2D eigenvalue weighted by Crippen LogP contribution is -2.26. The van der Waals surface area contributed by atoms with Crippen LogP contribution in [0, 0.1) is 17.8 Å². The quantitative estimate of drug-likeness (QED) is 0.585. The molecule has 0 bridgehead atoms. The fourth-order valence-electron chi connectivity index (χ4n) is 2.24. The van der Waals surface area contributed by atoms with Gasteiger partial charge in [0.05, 0.1) is 0 Å². The van der Waals surface area contributed by atoms with Crippen LogP contribution in [0.25, 0.3) is 0 Å². The van der Waals surface area contributed by atoms with Gasteiger partial charge in [0, 0.05) is 6.61 Å². The third kappa shape index (κ3) is 2.96. The van der Waals surface area contributed by atoms with Crippen molar-refractivity contribution in [2.45, 2.75) is 32.1 Å². The largest absolute Gasteiger partial charge is 0.396 e. The lowest BCUT2D eigenvalue weighted by Gasteiger charge is -2.15. The maximum absolute atomic E-state index is 8.63. The van der Waals surface area contributed by atoms with Gasteiger partial charge < -0.3 is 10.4 Å². The van der Waals surface area contributed by atoms with E-state index in [1.165, 1.54) is 32.2 Å². The van der Waals surface area contributed by atoms with Crippen LogP contribution in [0.2, 0.25) is 0 Å². The molecule has 2 aliphatic rings. The summed E-state index contributed by atoms with van der Waals surface area (Å²) in [5.74, 6) is 3.07. The van der Waals surface area contributed by atoms with E-state index in [4.69, 9.17) is 5.11 Å². The Hall–Kier alpha value is -0.0800. The summed E-state index contributed by atoms with van der Waals surface area (Å²) in [7, 11) is 0. The second-order valence-corrected chi connectivity index (χ2v) is 4.62. The van der Waals surface area contributed by atoms with E-state index in [0.29, 0.717) is 6.61 Å². The van der Waals surface area contributed by atoms with Gasteiger partial charge in [-0.2, -0.15) is 0 Å². The highest BCUT2D eigenvalue weighted by Gasteiger charge is 2.40. The Morgan fingerprint density at radius 2 is 1.77 bits per heavy atom. The Labute approximate surface area is 80.7 Å². The van der Waals surface area contributed by atoms with Gasteiger partial charge in [0.2, 0.25) is 0 Å². The Morgan fingerprint density at radius 1 is 1.15 bits per heavy atom. The van der Waals surface area contributed by atoms with Crippen LogP contribution in [0.5, 0.6) is 0 Å². The van der Waals surface area contributed by atoms with Crippen molar-refractivity contribution in [1.82, 2.24) is 5.32 Å². The van der Waals surface area contributed by atoms with Crippen molar-refractivity contribution in [3.63, 3.8) is 0 Å². The number of nitrogens with one attached hydrogen (secondary N) is 1. The van der Waals surface area contributed by atoms with Crippen molar-refractivity contribution in [1.29, 1.82) is 0 Å². The summed E-state index contributed by atoms with van der Waals surface area (Å²) in [4.78, 5) is 0. The van der Waals surface area contributed by atoms with Crippen LogP contribution in [0.15, 0.2) is 0 Å². The molecular formula is C11H21NO. The fraction of sp³-hybridized carbons (Fsp3) is 1.00. The molecule has 0 aromatic rings. The molecule has 2 saturated carbocycles. The molecule has 0 amide bonds. The van der Waals surface area contributed by atoms with Crippen LogP contribution in [-0.2, 0) is 0 Å². The first-order chi connectivity index (χ1) is 6.42. The van der Waals surface area contributed by atoms with Crippen LogP contribution < -0.4 is 5.32 Å². The van der Waals surface area contributed by atoms with Crippen LogP contribution in [0.1, 0.15) is 32.1 Å². The molecule has 2 heteroatoms. The van der Waals surface area contributed by atoms with E-state index in [1.54, 1.807) is 0 Å². The monoisotopic (exact) mass is 183 g/mol. The maximum atomic E-state index is 8.63. The van der Waals surface area contributed by atoms with Gasteiger partial charge in [-0.15, -0.1) is 0 Å². The molecule has 2 N–H and O–H groups in total. The minimum absolute atomic E-state index is 0.324. The van der Waals surface area contributed by atoms with Crippen molar-refractivity contribution in [2.24, 2.45) is 17.8 Å². The van der Waals surface area contributed by atoms with Gasteiger partial charge in [0.1, 0.15) is 0 Å². The van der Waals surface area contributed by atoms with Crippen LogP contribution in [0.3, 0.4) is 0 Å². The Balaban J connectivity index is 1.59. The molecular weight excluding hydrogens is 162 g/mol. The molecule has 0 aromatic carbocycles. The standard InChI is InChI=1S/C11H21NO/c13-7-1-6-12-8-11(9-2-3-9)10-4-5-10/h9-13H,1-8H2. The average Bonchev–Trinajstić information content (AvgIpc) is 2.99. The zero-order chi connectivity index (χ0) is 9.10. The molecule has 0 aromatic heterocycles. The zero-order valence-corrected chi connectivity index (χ0v) is 8.34. The predicted octanol–water partition coefficient (Wildman–Crippen LogP) is 1.39. The van der Waals surface area contributed by atoms with Gasteiger partial charge in [0.15, 0.2) is 0 Å². The van der Waals surface area contributed by atoms with E-state index >= 15 is 0 Å². The van der Waals surface area contributed by atoms with E-state index < -0.39 is 0 Å². The van der Waals surface area contributed by atoms with Crippen molar-refractivity contribution in [2.75, 3.05) is 19.7 Å². The molecule has 0 spiro atoms. The van der Waals surface area contributed by atoms with Crippen molar-refractivity contribution >= 4 is 0 Å². The third-order valence-corrected chi connectivity index (χ3v) is 3.35. The summed E-state index contributed by atoms with van der Waals surface area (Å²) in [6.07, 6.45) is 6.80. The van der Waals surface area contributed by atoms with E-state index in [1.807, 2.05) is 0 Å². The molecule has 0 atom stereocenters. The second kappa shape index (κ2) is 4.43. The highest BCUT2D eigenvalue weighted by molar-refractivity contribution is 4.92.